The van der Waals surface area contributed by atoms with E-state index >= 15 is 0 Å². The van der Waals surface area contributed by atoms with Crippen molar-refractivity contribution in [3.8, 4) is 17.0 Å². The van der Waals surface area contributed by atoms with Crippen LogP contribution in [0.5, 0.6) is 5.75 Å². The van der Waals surface area contributed by atoms with Crippen molar-refractivity contribution in [1.82, 2.24) is 14.7 Å². The molecule has 1 atom stereocenters. The van der Waals surface area contributed by atoms with Crippen LogP contribution in [0.25, 0.3) is 11.3 Å². The van der Waals surface area contributed by atoms with Gasteiger partial charge in [0.2, 0.25) is 0 Å². The van der Waals surface area contributed by atoms with E-state index in [4.69, 9.17) is 4.74 Å². The van der Waals surface area contributed by atoms with Crippen LogP contribution in [0.15, 0.2) is 97.9 Å². The molecule has 3 aromatic rings. The van der Waals surface area contributed by atoms with Crippen molar-refractivity contribution >= 4 is 22.5 Å². The maximum Gasteiger partial charge on any atom is 0.134 e. The number of nitrogens with one attached hydrogen (secondary N) is 2. The molecule has 2 N–H and O–H groups in total. The van der Waals surface area contributed by atoms with Gasteiger partial charge in [-0.2, -0.15) is 0 Å². The standard InChI is InChI=1S/C29H32N4O2S/c1-3-9-22(4-2)19-35-28-13-8-7-12-26(28)27-18-29(31-21-30-27)32-24-16-14-23(15-17-24)20-36(34)33-25-10-5-6-11-25/h3-4,7-9,12-18,21,25,33H,1-2,5-6,10-11,19-20H2,(H,30,31,32)/b22-9+. The second kappa shape index (κ2) is 13.0. The predicted octanol–water partition coefficient (Wildman–Crippen LogP) is 6.26. The number of nitrogens with zero attached hydrogens (tertiary/aromatic N) is 2. The molecule has 186 valence electrons. The van der Waals surface area contributed by atoms with Gasteiger partial charge < -0.3 is 10.1 Å². The number of hydrogen-bond acceptors (Lipinski definition) is 5. The molecule has 0 bridgehead atoms. The lowest BCUT2D eigenvalue weighted by molar-refractivity contribution is 0.357. The molecule has 0 radical (unpaired) electrons. The number of rotatable bonds is 12. The summed E-state index contributed by atoms with van der Waals surface area (Å²) in [5.74, 6) is 1.90. The summed E-state index contributed by atoms with van der Waals surface area (Å²) in [7, 11) is -1.06. The third-order valence-corrected chi connectivity index (χ3v) is 7.19. The van der Waals surface area contributed by atoms with Crippen LogP contribution in [-0.4, -0.2) is 26.8 Å². The lowest BCUT2D eigenvalue weighted by Gasteiger charge is -2.13. The summed E-state index contributed by atoms with van der Waals surface area (Å²) in [6.07, 6.45) is 11.6. The molecule has 1 aliphatic rings. The van der Waals surface area contributed by atoms with Gasteiger partial charge in [-0.05, 0) is 48.2 Å². The van der Waals surface area contributed by atoms with Crippen molar-refractivity contribution in [2.45, 2.75) is 37.5 Å². The molecule has 1 heterocycles. The average Bonchev–Trinajstić information content (AvgIpc) is 3.41. The van der Waals surface area contributed by atoms with E-state index in [1.165, 1.54) is 19.2 Å². The maximum atomic E-state index is 12.4. The van der Waals surface area contributed by atoms with Crippen LogP contribution in [0.1, 0.15) is 31.2 Å². The molecule has 0 spiro atoms. The van der Waals surface area contributed by atoms with Gasteiger partial charge in [0.1, 0.15) is 24.5 Å². The Balaban J connectivity index is 1.41. The second-order valence-corrected chi connectivity index (χ2v) is 9.88. The molecule has 1 aromatic heterocycles. The van der Waals surface area contributed by atoms with Crippen LogP contribution in [0.2, 0.25) is 0 Å². The van der Waals surface area contributed by atoms with Gasteiger partial charge in [0, 0.05) is 23.4 Å². The highest BCUT2D eigenvalue weighted by atomic mass is 32.2. The van der Waals surface area contributed by atoms with E-state index < -0.39 is 11.0 Å². The minimum absolute atomic E-state index is 0.385. The third kappa shape index (κ3) is 7.23. The molecule has 0 amide bonds. The number of aromatic nitrogens is 2. The van der Waals surface area contributed by atoms with E-state index in [-0.39, 0.29) is 0 Å². The highest BCUT2D eigenvalue weighted by molar-refractivity contribution is 7.82. The molecular formula is C29H32N4O2S. The summed E-state index contributed by atoms with van der Waals surface area (Å²) in [6, 6.07) is 18.0. The number of allylic oxidation sites excluding steroid dienone is 2. The first-order valence-electron chi connectivity index (χ1n) is 12.1. The van der Waals surface area contributed by atoms with Crippen molar-refractivity contribution in [3.05, 3.63) is 103 Å². The maximum absolute atomic E-state index is 12.4. The fourth-order valence-corrected chi connectivity index (χ4v) is 5.31. The topological polar surface area (TPSA) is 76.1 Å². The van der Waals surface area contributed by atoms with Crippen molar-refractivity contribution in [2.75, 3.05) is 11.9 Å². The van der Waals surface area contributed by atoms with E-state index in [1.807, 2.05) is 60.7 Å². The molecular weight excluding hydrogens is 468 g/mol. The zero-order chi connectivity index (χ0) is 25.2. The summed E-state index contributed by atoms with van der Waals surface area (Å²) in [6.45, 7) is 7.93. The van der Waals surface area contributed by atoms with E-state index in [1.54, 1.807) is 12.2 Å². The molecule has 6 nitrogen and oxygen atoms in total. The van der Waals surface area contributed by atoms with Crippen LogP contribution >= 0.6 is 0 Å². The molecule has 1 saturated carbocycles. The van der Waals surface area contributed by atoms with Crippen LogP contribution in [0.4, 0.5) is 11.5 Å². The average molecular weight is 501 g/mol. The number of hydrogen-bond donors (Lipinski definition) is 2. The smallest absolute Gasteiger partial charge is 0.134 e. The normalized spacial score (nSPS) is 14.8. The van der Waals surface area contributed by atoms with Gasteiger partial charge in [0.15, 0.2) is 0 Å². The van der Waals surface area contributed by atoms with E-state index in [2.05, 4.69) is 33.2 Å². The minimum atomic E-state index is -1.06. The van der Waals surface area contributed by atoms with Gasteiger partial charge >= 0.3 is 0 Å². The predicted molar refractivity (Wildman–Crippen MR) is 148 cm³/mol. The Morgan fingerprint density at radius 1 is 1.08 bits per heavy atom. The van der Waals surface area contributed by atoms with Crippen molar-refractivity contribution in [1.29, 1.82) is 0 Å². The summed E-state index contributed by atoms with van der Waals surface area (Å²) >= 11 is 0. The first-order chi connectivity index (χ1) is 17.6. The van der Waals surface area contributed by atoms with Crippen LogP contribution < -0.4 is 14.8 Å². The number of para-hydroxylation sites is 1. The van der Waals surface area contributed by atoms with Crippen LogP contribution in [-0.2, 0) is 16.7 Å². The Kier molecular flexibility index (Phi) is 9.19. The van der Waals surface area contributed by atoms with E-state index in [9.17, 15) is 4.21 Å². The fraction of sp³-hybridized carbons (Fsp3) is 0.241. The Morgan fingerprint density at radius 3 is 2.61 bits per heavy atom. The molecule has 4 rings (SSSR count). The zero-order valence-electron chi connectivity index (χ0n) is 20.4. The summed E-state index contributed by atoms with van der Waals surface area (Å²) in [4.78, 5) is 8.84. The molecule has 2 aromatic carbocycles. The Hall–Kier alpha value is -3.55. The summed E-state index contributed by atoms with van der Waals surface area (Å²) in [5, 5.41) is 3.33. The molecule has 1 unspecified atom stereocenters. The SMILES string of the molecule is C=C/C=C(\C=C)COc1ccccc1-c1cc(Nc2ccc(CS(=O)NC3CCCC3)cc2)ncn1. The van der Waals surface area contributed by atoms with E-state index in [0.717, 1.165) is 46.7 Å². The third-order valence-electron chi connectivity index (χ3n) is 6.00. The lowest BCUT2D eigenvalue weighted by atomic mass is 10.1. The van der Waals surface area contributed by atoms with Gasteiger partial charge in [-0.25, -0.2) is 18.9 Å². The van der Waals surface area contributed by atoms with Crippen LogP contribution in [0, 0.1) is 0 Å². The Bertz CT molecular complexity index is 1230. The molecule has 0 aliphatic heterocycles. The van der Waals surface area contributed by atoms with Crippen LogP contribution in [0.3, 0.4) is 0 Å². The number of ether oxygens (including phenoxy) is 1. The van der Waals surface area contributed by atoms with Gasteiger partial charge in [0.25, 0.3) is 0 Å². The number of benzene rings is 2. The monoisotopic (exact) mass is 500 g/mol. The summed E-state index contributed by atoms with van der Waals surface area (Å²) in [5.41, 5.74) is 4.49. The second-order valence-electron chi connectivity index (χ2n) is 8.67. The van der Waals surface area contributed by atoms with Crippen molar-refractivity contribution in [3.63, 3.8) is 0 Å². The Morgan fingerprint density at radius 2 is 1.86 bits per heavy atom. The van der Waals surface area contributed by atoms with Gasteiger partial charge in [0.05, 0.1) is 22.4 Å². The van der Waals surface area contributed by atoms with E-state index in [0.29, 0.717) is 24.2 Å². The molecule has 7 heteroatoms. The number of anilines is 2. The quantitative estimate of drug-likeness (QED) is 0.287. The first kappa shape index (κ1) is 25.5. The zero-order valence-corrected chi connectivity index (χ0v) is 21.2. The first-order valence-corrected chi connectivity index (χ1v) is 13.5. The summed E-state index contributed by atoms with van der Waals surface area (Å²) < 4.78 is 21.7. The molecule has 36 heavy (non-hydrogen) atoms. The lowest BCUT2D eigenvalue weighted by Crippen LogP contribution is -2.28. The highest BCUT2D eigenvalue weighted by Gasteiger charge is 2.17. The molecule has 1 fully saturated rings. The minimum Gasteiger partial charge on any atom is -0.488 e. The highest BCUT2D eigenvalue weighted by Crippen LogP contribution is 2.30. The Labute approximate surface area is 215 Å². The van der Waals surface area contributed by atoms with Crippen molar-refractivity contribution in [2.24, 2.45) is 0 Å². The van der Waals surface area contributed by atoms with Crippen molar-refractivity contribution < 1.29 is 8.95 Å². The van der Waals surface area contributed by atoms with Gasteiger partial charge in [-0.15, -0.1) is 0 Å². The largest absolute Gasteiger partial charge is 0.488 e. The fourth-order valence-electron chi connectivity index (χ4n) is 4.12. The van der Waals surface area contributed by atoms with Gasteiger partial charge in [-0.3, -0.25) is 0 Å². The van der Waals surface area contributed by atoms with Gasteiger partial charge in [-0.1, -0.05) is 68.5 Å². The molecule has 1 aliphatic carbocycles. The molecule has 0 saturated heterocycles.